The first-order chi connectivity index (χ1) is 16.7. The molecule has 0 aliphatic heterocycles. The van der Waals surface area contributed by atoms with E-state index in [4.69, 9.17) is 28.0 Å². The summed E-state index contributed by atoms with van der Waals surface area (Å²) in [6.45, 7) is 5.00. The molecule has 182 valence electrons. The molecule has 0 unspecified atom stereocenters. The fourth-order valence-corrected chi connectivity index (χ4v) is 3.78. The summed E-state index contributed by atoms with van der Waals surface area (Å²) in [5.74, 6) is -1.51. The molecule has 0 atom stereocenters. The highest BCUT2D eigenvalue weighted by molar-refractivity contribution is 9.10. The van der Waals surface area contributed by atoms with Gasteiger partial charge in [-0.05, 0) is 52.7 Å². The molecule has 0 aliphatic carbocycles. The van der Waals surface area contributed by atoms with Gasteiger partial charge in [0.1, 0.15) is 10.3 Å². The highest BCUT2D eigenvalue weighted by Crippen LogP contribution is 2.27. The number of halogens is 3. The van der Waals surface area contributed by atoms with Crippen molar-refractivity contribution < 1.29 is 19.2 Å². The van der Waals surface area contributed by atoms with Crippen LogP contribution in [0.3, 0.4) is 0 Å². The van der Waals surface area contributed by atoms with E-state index in [2.05, 4.69) is 48.7 Å². The highest BCUT2D eigenvalue weighted by Gasteiger charge is 2.22. The van der Waals surface area contributed by atoms with Crippen molar-refractivity contribution in [1.82, 2.24) is 25.6 Å². The molecule has 13 heteroatoms. The lowest BCUT2D eigenvalue weighted by atomic mass is 10.1. The number of carbonyl (C=O) groups excluding carboxylic acids is 3. The number of rotatable bonds is 9. The van der Waals surface area contributed by atoms with E-state index in [1.807, 2.05) is 0 Å². The van der Waals surface area contributed by atoms with E-state index in [0.717, 1.165) is 0 Å². The van der Waals surface area contributed by atoms with Crippen LogP contribution in [0.25, 0.3) is 5.82 Å². The van der Waals surface area contributed by atoms with E-state index >= 15 is 0 Å². The minimum Gasteiger partial charge on any atom is -0.351 e. The van der Waals surface area contributed by atoms with Gasteiger partial charge in [-0.2, -0.15) is 5.10 Å². The summed E-state index contributed by atoms with van der Waals surface area (Å²) in [6.07, 6.45) is 3.02. The molecule has 10 nitrogen and oxygen atoms in total. The van der Waals surface area contributed by atoms with Crippen LogP contribution < -0.4 is 16.1 Å². The molecule has 2 heterocycles. The quantitative estimate of drug-likeness (QED) is 0.260. The largest absolute Gasteiger partial charge is 0.351 e. The van der Waals surface area contributed by atoms with Crippen molar-refractivity contribution >= 4 is 62.5 Å². The van der Waals surface area contributed by atoms with Gasteiger partial charge >= 0.3 is 0 Å². The zero-order chi connectivity index (χ0) is 25.5. The summed E-state index contributed by atoms with van der Waals surface area (Å²) in [7, 11) is 0. The molecule has 35 heavy (non-hydrogen) atoms. The first kappa shape index (κ1) is 26.4. The number of nitrogens with one attached hydrogen (secondary N) is 3. The monoisotopic (exact) mass is 580 g/mol. The van der Waals surface area contributed by atoms with Gasteiger partial charge in [-0.1, -0.05) is 29.3 Å². The molecule has 0 radical (unpaired) electrons. The number of hydrogen-bond donors (Lipinski definition) is 3. The molecule has 0 saturated carbocycles. The molecule has 3 amide bonds. The molecule has 3 rings (SSSR count). The summed E-state index contributed by atoms with van der Waals surface area (Å²) in [5.41, 5.74) is 3.01. The van der Waals surface area contributed by atoms with Gasteiger partial charge in [0.05, 0.1) is 16.3 Å². The number of pyridine rings is 1. The first-order valence-electron chi connectivity index (χ1n) is 9.99. The lowest BCUT2D eigenvalue weighted by Crippen LogP contribution is -2.33. The second-order valence-corrected chi connectivity index (χ2v) is 8.64. The Morgan fingerprint density at radius 1 is 1.23 bits per heavy atom. The zero-order valence-electron chi connectivity index (χ0n) is 18.3. The van der Waals surface area contributed by atoms with E-state index in [1.54, 1.807) is 25.1 Å². The average molecular weight is 582 g/mol. The highest BCUT2D eigenvalue weighted by atomic mass is 79.9. The Morgan fingerprint density at radius 3 is 2.71 bits per heavy atom. The Balaban J connectivity index is 1.85. The number of hydrogen-bond acceptors (Lipinski definition) is 6. The topological polar surface area (TPSA) is 127 Å². The predicted molar refractivity (Wildman–Crippen MR) is 135 cm³/mol. The van der Waals surface area contributed by atoms with Crippen LogP contribution in [0.4, 0.5) is 5.69 Å². The minimum absolute atomic E-state index is 0.0239. The lowest BCUT2D eigenvalue weighted by Gasteiger charge is -2.15. The van der Waals surface area contributed by atoms with Crippen molar-refractivity contribution in [1.29, 1.82) is 0 Å². The number of benzene rings is 1. The number of carbonyl (C=O) groups is 3. The Hall–Kier alpha value is -3.25. The number of amides is 3. The third-order valence-electron chi connectivity index (χ3n) is 4.45. The first-order valence-corrected chi connectivity index (χ1v) is 11.5. The maximum Gasteiger partial charge on any atom is 0.277 e. The second-order valence-electron chi connectivity index (χ2n) is 6.98. The van der Waals surface area contributed by atoms with Crippen LogP contribution in [0.5, 0.6) is 0 Å². The SMILES string of the molecule is C=CCNC(=O)CONC(=O)c1cc(Cl)cc(C)c1NC(=O)c1cc(Br)nn1-c1ncccc1Cl. The summed E-state index contributed by atoms with van der Waals surface area (Å²) in [5, 5.41) is 10.0. The lowest BCUT2D eigenvalue weighted by molar-refractivity contribution is -0.127. The zero-order valence-corrected chi connectivity index (χ0v) is 21.4. The van der Waals surface area contributed by atoms with E-state index in [1.165, 1.54) is 29.1 Å². The smallest absolute Gasteiger partial charge is 0.277 e. The van der Waals surface area contributed by atoms with Crippen molar-refractivity contribution in [2.75, 3.05) is 18.5 Å². The van der Waals surface area contributed by atoms with Crippen molar-refractivity contribution in [2.24, 2.45) is 0 Å². The summed E-state index contributed by atoms with van der Waals surface area (Å²) >= 11 is 15.6. The summed E-state index contributed by atoms with van der Waals surface area (Å²) < 4.78 is 1.65. The van der Waals surface area contributed by atoms with Gasteiger partial charge in [0.2, 0.25) is 5.91 Å². The standard InChI is InChI=1S/C22H19BrCl2N6O4/c1-3-6-26-18(32)11-35-30-21(33)14-9-13(24)8-12(2)19(14)28-22(34)16-10-17(23)29-31(16)20-15(25)5-4-7-27-20/h3-5,7-10H,1,6,11H2,2H3,(H,26,32)(H,28,34)(H,30,33). The van der Waals surface area contributed by atoms with Gasteiger partial charge in [-0.15, -0.1) is 6.58 Å². The molecule has 0 fully saturated rings. The fourth-order valence-electron chi connectivity index (χ4n) is 2.93. The Labute approximate surface area is 218 Å². The van der Waals surface area contributed by atoms with Gasteiger partial charge in [0.25, 0.3) is 11.8 Å². The average Bonchev–Trinajstić information content (AvgIpc) is 3.20. The molecule has 2 aromatic heterocycles. The second kappa shape index (κ2) is 11.9. The van der Waals surface area contributed by atoms with Crippen LogP contribution in [0.15, 0.2) is 53.8 Å². The molecule has 0 saturated heterocycles. The van der Waals surface area contributed by atoms with Crippen molar-refractivity contribution in [3.05, 3.63) is 80.7 Å². The van der Waals surface area contributed by atoms with Gasteiger partial charge in [0.15, 0.2) is 12.4 Å². The number of aryl methyl sites for hydroxylation is 1. The van der Waals surface area contributed by atoms with E-state index < -0.39 is 24.3 Å². The molecule has 1 aromatic carbocycles. The third-order valence-corrected chi connectivity index (χ3v) is 5.35. The fraction of sp³-hybridized carbons (Fsp3) is 0.136. The van der Waals surface area contributed by atoms with Crippen LogP contribution in [0.1, 0.15) is 26.4 Å². The maximum absolute atomic E-state index is 13.2. The normalized spacial score (nSPS) is 10.5. The number of aromatic nitrogens is 3. The Kier molecular flexibility index (Phi) is 8.99. The Bertz CT molecular complexity index is 1300. The van der Waals surface area contributed by atoms with Crippen LogP contribution >= 0.6 is 39.1 Å². The minimum atomic E-state index is -0.718. The molecule has 3 N–H and O–H groups in total. The van der Waals surface area contributed by atoms with E-state index in [0.29, 0.717) is 10.2 Å². The molecular formula is C22H19BrCl2N6O4. The van der Waals surface area contributed by atoms with E-state index in [9.17, 15) is 14.4 Å². The van der Waals surface area contributed by atoms with Gasteiger partial charge in [-0.3, -0.25) is 19.2 Å². The predicted octanol–water partition coefficient (Wildman–Crippen LogP) is 3.86. The van der Waals surface area contributed by atoms with Gasteiger partial charge < -0.3 is 10.6 Å². The van der Waals surface area contributed by atoms with Crippen LogP contribution in [-0.2, 0) is 9.63 Å². The van der Waals surface area contributed by atoms with E-state index in [-0.39, 0.29) is 39.4 Å². The van der Waals surface area contributed by atoms with Gasteiger partial charge in [-0.25, -0.2) is 15.1 Å². The van der Waals surface area contributed by atoms with Crippen molar-refractivity contribution in [3.63, 3.8) is 0 Å². The van der Waals surface area contributed by atoms with Crippen molar-refractivity contribution in [2.45, 2.75) is 6.92 Å². The summed E-state index contributed by atoms with van der Waals surface area (Å²) in [6, 6.07) is 7.70. The molecule has 3 aromatic rings. The van der Waals surface area contributed by atoms with Crippen LogP contribution in [0, 0.1) is 6.92 Å². The maximum atomic E-state index is 13.2. The summed E-state index contributed by atoms with van der Waals surface area (Å²) in [4.78, 5) is 46.8. The third kappa shape index (κ3) is 6.67. The van der Waals surface area contributed by atoms with Gasteiger partial charge in [0, 0.05) is 23.8 Å². The molecule has 0 bridgehead atoms. The molecule has 0 aliphatic rings. The molecular weight excluding hydrogens is 563 g/mol. The van der Waals surface area contributed by atoms with Crippen LogP contribution in [0.2, 0.25) is 10.0 Å². The van der Waals surface area contributed by atoms with Crippen molar-refractivity contribution in [3.8, 4) is 5.82 Å². The Morgan fingerprint density at radius 2 is 2.00 bits per heavy atom. The van der Waals surface area contributed by atoms with Crippen LogP contribution in [-0.4, -0.2) is 45.6 Å². The number of nitrogens with zero attached hydrogens (tertiary/aromatic N) is 3. The number of anilines is 1. The molecule has 0 spiro atoms. The number of hydroxylamine groups is 1.